The van der Waals surface area contributed by atoms with Crippen LogP contribution in [0.4, 0.5) is 37.7 Å². The molecule has 2 N–H and O–H groups in total. The monoisotopic (exact) mass is 516 g/mol. The van der Waals surface area contributed by atoms with Crippen LogP contribution in [0, 0.1) is 0 Å². The quantitative estimate of drug-likeness (QED) is 0.451. The molecule has 194 valence electrons. The summed E-state index contributed by atoms with van der Waals surface area (Å²) in [4.78, 5) is 25.2. The van der Waals surface area contributed by atoms with Gasteiger partial charge < -0.3 is 19.6 Å². The van der Waals surface area contributed by atoms with E-state index in [0.717, 1.165) is 24.3 Å². The number of carbonyl (C=O) groups excluding carboxylic acids is 2. The highest BCUT2D eigenvalue weighted by Crippen LogP contribution is 2.32. The molecular formula is C24H26F6N4O2+2. The van der Waals surface area contributed by atoms with Gasteiger partial charge in [-0.25, -0.2) is 0 Å². The van der Waals surface area contributed by atoms with E-state index in [4.69, 9.17) is 0 Å². The summed E-state index contributed by atoms with van der Waals surface area (Å²) in [6, 6.07) is 8.96. The number of carbonyl (C=O) groups is 2. The number of rotatable bonds is 6. The van der Waals surface area contributed by atoms with Crippen molar-refractivity contribution in [3.05, 3.63) is 59.7 Å². The van der Waals surface area contributed by atoms with Crippen molar-refractivity contribution in [1.82, 2.24) is 0 Å². The van der Waals surface area contributed by atoms with Crippen LogP contribution in [-0.4, -0.2) is 73.1 Å². The molecule has 3 aliphatic rings. The van der Waals surface area contributed by atoms with Gasteiger partial charge in [-0.2, -0.15) is 26.3 Å². The zero-order valence-electron chi connectivity index (χ0n) is 19.3. The number of hydrogen-bond donors (Lipinski definition) is 2. The highest BCUT2D eigenvalue weighted by atomic mass is 19.4. The maximum absolute atomic E-state index is 12.9. The van der Waals surface area contributed by atoms with Gasteiger partial charge in [0.1, 0.15) is 39.3 Å². The molecule has 2 bridgehead atoms. The minimum Gasteiger partial charge on any atom is -0.321 e. The average molecular weight is 516 g/mol. The number of alkyl halides is 6. The number of halogens is 6. The van der Waals surface area contributed by atoms with Crippen LogP contribution >= 0.6 is 0 Å². The second kappa shape index (κ2) is 9.40. The molecule has 3 heterocycles. The van der Waals surface area contributed by atoms with Crippen LogP contribution in [0.3, 0.4) is 0 Å². The number of amides is 2. The molecule has 0 spiro atoms. The van der Waals surface area contributed by atoms with Gasteiger partial charge in [-0.3, -0.25) is 9.59 Å². The standard InChI is InChI=1S/C24H24F6N4O2/c25-23(26,27)17-3-1-5-19(13-17)31-21(35)15-33-7-10-34(11-8-33,12-9-33)16-22(36)32-20-6-2-4-18(14-20)24(28,29)30/h1-6,13-14H,7-12,15-16H2/p+2. The van der Waals surface area contributed by atoms with E-state index >= 15 is 0 Å². The number of nitrogens with one attached hydrogen (secondary N) is 2. The van der Waals surface area contributed by atoms with Crippen molar-refractivity contribution in [2.24, 2.45) is 0 Å². The first kappa shape index (κ1) is 26.0. The lowest BCUT2D eigenvalue weighted by molar-refractivity contribution is -1.07. The molecule has 0 aromatic heterocycles. The van der Waals surface area contributed by atoms with E-state index in [1.807, 2.05) is 0 Å². The topological polar surface area (TPSA) is 58.2 Å². The zero-order chi connectivity index (χ0) is 26.2. The minimum atomic E-state index is -4.50. The Bertz CT molecular complexity index is 1030. The summed E-state index contributed by atoms with van der Waals surface area (Å²) in [5.74, 6) is -0.753. The Labute approximate surface area is 203 Å². The van der Waals surface area contributed by atoms with Gasteiger partial charge in [-0.15, -0.1) is 0 Å². The van der Waals surface area contributed by atoms with Crippen molar-refractivity contribution < 1.29 is 44.9 Å². The van der Waals surface area contributed by atoms with Crippen molar-refractivity contribution in [2.75, 3.05) is 63.0 Å². The summed E-state index contributed by atoms with van der Waals surface area (Å²) >= 11 is 0. The van der Waals surface area contributed by atoms with Crippen LogP contribution in [0.15, 0.2) is 48.5 Å². The SMILES string of the molecule is O=C(C[N+]12CC[N+](CC(=O)Nc3cccc(C(F)(F)F)c3)(CC1)CC2)Nc1cccc(C(F)(F)F)c1. The van der Waals surface area contributed by atoms with Gasteiger partial charge in [0.15, 0.2) is 13.1 Å². The second-order valence-corrected chi connectivity index (χ2v) is 9.59. The lowest BCUT2D eigenvalue weighted by Crippen LogP contribution is -2.76. The molecule has 0 radical (unpaired) electrons. The Hall–Kier alpha value is -3.12. The van der Waals surface area contributed by atoms with Crippen LogP contribution in [0.5, 0.6) is 0 Å². The third-order valence-corrected chi connectivity index (χ3v) is 7.05. The Morgan fingerprint density at radius 3 is 1.28 bits per heavy atom. The fourth-order valence-electron chi connectivity index (χ4n) is 4.97. The fraction of sp³-hybridized carbons (Fsp3) is 0.417. The summed E-state index contributed by atoms with van der Waals surface area (Å²) in [5.41, 5.74) is -1.51. The molecule has 2 amide bonds. The molecule has 36 heavy (non-hydrogen) atoms. The van der Waals surface area contributed by atoms with Crippen molar-refractivity contribution >= 4 is 23.2 Å². The highest BCUT2D eigenvalue weighted by Gasteiger charge is 2.50. The van der Waals surface area contributed by atoms with Gasteiger partial charge in [0.25, 0.3) is 11.8 Å². The van der Waals surface area contributed by atoms with E-state index in [9.17, 15) is 35.9 Å². The molecule has 0 aliphatic carbocycles. The van der Waals surface area contributed by atoms with Gasteiger partial charge >= 0.3 is 12.4 Å². The number of fused-ring (bicyclic) bond motifs is 3. The Balaban J connectivity index is 1.31. The zero-order valence-corrected chi connectivity index (χ0v) is 19.3. The summed E-state index contributed by atoms with van der Waals surface area (Å²) < 4.78 is 78.5. The molecule has 2 aromatic carbocycles. The molecule has 0 unspecified atom stereocenters. The molecule has 3 aliphatic heterocycles. The normalized spacial score (nSPS) is 23.8. The summed E-state index contributed by atoms with van der Waals surface area (Å²) in [6.07, 6.45) is -9.01. The third kappa shape index (κ3) is 5.98. The molecule has 12 heteroatoms. The van der Waals surface area contributed by atoms with E-state index in [-0.39, 0.29) is 36.3 Å². The Kier molecular flexibility index (Phi) is 6.78. The Morgan fingerprint density at radius 2 is 0.972 bits per heavy atom. The maximum atomic E-state index is 12.9. The maximum Gasteiger partial charge on any atom is 0.416 e. The van der Waals surface area contributed by atoms with Crippen molar-refractivity contribution in [2.45, 2.75) is 12.4 Å². The van der Waals surface area contributed by atoms with Crippen molar-refractivity contribution in [3.8, 4) is 0 Å². The summed E-state index contributed by atoms with van der Waals surface area (Å²) in [5, 5.41) is 5.12. The average Bonchev–Trinajstić information content (AvgIpc) is 2.79. The second-order valence-electron chi connectivity index (χ2n) is 9.59. The molecule has 3 fully saturated rings. The largest absolute Gasteiger partial charge is 0.416 e. The number of benzene rings is 2. The number of nitrogens with zero attached hydrogens (tertiary/aromatic N) is 2. The van der Waals surface area contributed by atoms with Crippen LogP contribution < -0.4 is 10.6 Å². The predicted molar refractivity (Wildman–Crippen MR) is 120 cm³/mol. The minimum absolute atomic E-state index is 0.0819. The first-order valence-corrected chi connectivity index (χ1v) is 11.4. The van der Waals surface area contributed by atoms with Crippen LogP contribution in [-0.2, 0) is 21.9 Å². The molecule has 0 saturated carbocycles. The first-order valence-electron chi connectivity index (χ1n) is 11.4. The van der Waals surface area contributed by atoms with Crippen molar-refractivity contribution in [1.29, 1.82) is 0 Å². The van der Waals surface area contributed by atoms with Gasteiger partial charge in [0, 0.05) is 11.4 Å². The van der Waals surface area contributed by atoms with Gasteiger partial charge in [-0.1, -0.05) is 12.1 Å². The fourth-order valence-corrected chi connectivity index (χ4v) is 4.97. The van der Waals surface area contributed by atoms with Crippen LogP contribution in [0.2, 0.25) is 0 Å². The summed E-state index contributed by atoms with van der Waals surface area (Å²) in [6.45, 7) is 3.94. The third-order valence-electron chi connectivity index (χ3n) is 7.05. The highest BCUT2D eigenvalue weighted by molar-refractivity contribution is 5.92. The molecule has 2 aromatic rings. The Morgan fingerprint density at radius 1 is 0.639 bits per heavy atom. The molecule has 3 saturated heterocycles. The van der Waals surface area contributed by atoms with Crippen LogP contribution in [0.1, 0.15) is 11.1 Å². The van der Waals surface area contributed by atoms with Crippen molar-refractivity contribution in [3.63, 3.8) is 0 Å². The van der Waals surface area contributed by atoms with Crippen LogP contribution in [0.25, 0.3) is 0 Å². The number of anilines is 2. The van der Waals surface area contributed by atoms with E-state index in [1.165, 1.54) is 24.3 Å². The van der Waals surface area contributed by atoms with Gasteiger partial charge in [0.2, 0.25) is 0 Å². The van der Waals surface area contributed by atoms with E-state index in [2.05, 4.69) is 10.6 Å². The van der Waals surface area contributed by atoms with Gasteiger partial charge in [0.05, 0.1) is 11.1 Å². The number of quaternary nitrogens is 2. The molecular weight excluding hydrogens is 490 g/mol. The number of hydrogen-bond acceptors (Lipinski definition) is 2. The first-order chi connectivity index (χ1) is 16.8. The summed E-state index contributed by atoms with van der Waals surface area (Å²) in [7, 11) is 0. The molecule has 5 rings (SSSR count). The molecule has 0 atom stereocenters. The van der Waals surface area contributed by atoms with Gasteiger partial charge in [-0.05, 0) is 36.4 Å². The smallest absolute Gasteiger partial charge is 0.321 e. The number of piperazine rings is 3. The molecule has 6 nitrogen and oxygen atoms in total. The van der Waals surface area contributed by atoms with E-state index in [1.54, 1.807) is 0 Å². The predicted octanol–water partition coefficient (Wildman–Crippen LogP) is 3.96. The van der Waals surface area contributed by atoms with E-state index < -0.39 is 23.5 Å². The lowest BCUT2D eigenvalue weighted by atomic mass is 10.1. The lowest BCUT2D eigenvalue weighted by Gasteiger charge is -2.54. The van der Waals surface area contributed by atoms with E-state index in [0.29, 0.717) is 48.2 Å².